The van der Waals surface area contributed by atoms with E-state index in [-0.39, 0.29) is 17.0 Å². The Balaban J connectivity index is 2.19. The molecule has 4 aromatic rings. The van der Waals surface area contributed by atoms with E-state index >= 15 is 0 Å². The van der Waals surface area contributed by atoms with Crippen molar-refractivity contribution in [1.82, 2.24) is 14.5 Å². The van der Waals surface area contributed by atoms with Crippen molar-refractivity contribution >= 4 is 51.0 Å². The lowest BCUT2D eigenvalue weighted by Crippen LogP contribution is -2.24. The minimum Gasteiger partial charge on any atom is -0.496 e. The third-order valence-corrected chi connectivity index (χ3v) is 6.27. The number of halogens is 2. The molecule has 0 unspecified atom stereocenters. The summed E-state index contributed by atoms with van der Waals surface area (Å²) in [6.07, 6.45) is 4.33. The van der Waals surface area contributed by atoms with Crippen LogP contribution < -0.4 is 16.0 Å². The van der Waals surface area contributed by atoms with Crippen molar-refractivity contribution in [3.05, 3.63) is 57.6 Å². The Labute approximate surface area is 200 Å². The summed E-state index contributed by atoms with van der Waals surface area (Å²) in [5.41, 5.74) is 9.71. The molecule has 3 N–H and O–H groups in total. The number of rotatable bonds is 8. The molecule has 9 heteroatoms. The molecule has 4 rings (SSSR count). The van der Waals surface area contributed by atoms with E-state index < -0.39 is 5.91 Å². The first kappa shape index (κ1) is 23.1. The van der Waals surface area contributed by atoms with Crippen LogP contribution >= 0.6 is 23.2 Å². The van der Waals surface area contributed by atoms with Crippen molar-refractivity contribution in [2.45, 2.75) is 26.3 Å². The predicted octanol–water partition coefficient (Wildman–Crippen LogP) is 4.23. The minimum absolute atomic E-state index is 0.186. The van der Waals surface area contributed by atoms with Gasteiger partial charge in [-0.25, -0.2) is 4.98 Å². The predicted molar refractivity (Wildman–Crippen MR) is 133 cm³/mol. The number of hydrogen-bond acceptors (Lipinski definition) is 4. The van der Waals surface area contributed by atoms with Gasteiger partial charge in [0.25, 0.3) is 5.56 Å². The number of H-pyrrole nitrogens is 1. The van der Waals surface area contributed by atoms with E-state index in [1.165, 1.54) is 7.11 Å². The first-order chi connectivity index (χ1) is 16.0. The molecule has 0 saturated heterocycles. The number of aromatic nitrogens is 3. The number of amides is 1. The van der Waals surface area contributed by atoms with Gasteiger partial charge in [0.15, 0.2) is 0 Å². The zero-order chi connectivity index (χ0) is 23.7. The van der Waals surface area contributed by atoms with Crippen molar-refractivity contribution in [2.24, 2.45) is 5.73 Å². The van der Waals surface area contributed by atoms with Gasteiger partial charge in [0, 0.05) is 58.2 Å². The molecule has 0 aliphatic carbocycles. The number of nitrogens with two attached hydrogens (primary N) is 1. The molecule has 1 amide bonds. The van der Waals surface area contributed by atoms with Crippen LogP contribution in [0.3, 0.4) is 0 Å². The van der Waals surface area contributed by atoms with Crippen LogP contribution in [0.4, 0.5) is 0 Å². The number of alkyl halides is 2. The van der Waals surface area contributed by atoms with E-state index in [0.29, 0.717) is 53.4 Å². The van der Waals surface area contributed by atoms with Crippen LogP contribution in [0.1, 0.15) is 28.4 Å². The molecule has 0 fully saturated rings. The standard InChI is InChI=1S/C24H24Cl2N4O3/c1-3-30-21-13(12-29-23-16(21)6-9-28-23)10-18(24(30)32)20-14(4-7-25)17(22(27)31)11-19(33-2)15(20)5-8-26/h6,9-12H,3-5,7-8H2,1-2H3,(H2,27,31)(H,28,29). The quantitative estimate of drug-likeness (QED) is 0.363. The summed E-state index contributed by atoms with van der Waals surface area (Å²) in [5.74, 6) is 0.403. The maximum Gasteiger partial charge on any atom is 0.258 e. The summed E-state index contributed by atoms with van der Waals surface area (Å²) in [4.78, 5) is 33.8. The number of pyridine rings is 2. The zero-order valence-electron chi connectivity index (χ0n) is 18.4. The SMILES string of the molecule is CCn1c(=O)c(-c2c(CCCl)c(OC)cc(C(N)=O)c2CCCl)cc2cnc3[nH]ccc3c21. The third kappa shape index (κ3) is 3.85. The summed E-state index contributed by atoms with van der Waals surface area (Å²) in [6.45, 7) is 2.37. The van der Waals surface area contributed by atoms with Gasteiger partial charge in [-0.2, -0.15) is 0 Å². The number of methoxy groups -OCH3 is 1. The molecule has 0 spiro atoms. The summed E-state index contributed by atoms with van der Waals surface area (Å²) in [5, 5.41) is 1.67. The van der Waals surface area contributed by atoms with Gasteiger partial charge >= 0.3 is 0 Å². The van der Waals surface area contributed by atoms with E-state index in [1.54, 1.807) is 23.0 Å². The van der Waals surface area contributed by atoms with Gasteiger partial charge in [0.1, 0.15) is 11.4 Å². The molecule has 0 saturated carbocycles. The number of nitrogens with zero attached hydrogens (tertiary/aromatic N) is 2. The monoisotopic (exact) mass is 486 g/mol. The number of carbonyl (C=O) groups is 1. The molecule has 172 valence electrons. The Bertz CT molecular complexity index is 1430. The number of ether oxygens (including phenoxy) is 1. The fraction of sp³-hybridized carbons (Fsp3) is 0.292. The van der Waals surface area contributed by atoms with Crippen molar-refractivity contribution < 1.29 is 9.53 Å². The Kier molecular flexibility index (Phi) is 6.63. The Hall–Kier alpha value is -3.03. The van der Waals surface area contributed by atoms with E-state index in [1.807, 2.05) is 19.1 Å². The summed E-state index contributed by atoms with van der Waals surface area (Å²) >= 11 is 12.2. The molecule has 1 aromatic carbocycles. The molecular weight excluding hydrogens is 463 g/mol. The van der Waals surface area contributed by atoms with Gasteiger partial charge in [-0.3, -0.25) is 9.59 Å². The average Bonchev–Trinajstić information content (AvgIpc) is 3.28. The number of aryl methyl sites for hydroxylation is 1. The van der Waals surface area contributed by atoms with Gasteiger partial charge in [0.2, 0.25) is 5.91 Å². The van der Waals surface area contributed by atoms with Crippen LogP contribution in [0.2, 0.25) is 0 Å². The minimum atomic E-state index is -0.612. The molecule has 3 aromatic heterocycles. The molecule has 33 heavy (non-hydrogen) atoms. The first-order valence-electron chi connectivity index (χ1n) is 10.6. The third-order valence-electron chi connectivity index (χ3n) is 5.89. The van der Waals surface area contributed by atoms with Crippen LogP contribution in [-0.2, 0) is 19.4 Å². The van der Waals surface area contributed by atoms with Crippen molar-refractivity contribution in [3.63, 3.8) is 0 Å². The number of primary amides is 1. The second-order valence-corrected chi connectivity index (χ2v) is 8.37. The normalized spacial score (nSPS) is 11.4. The number of fused-ring (bicyclic) bond motifs is 3. The fourth-order valence-corrected chi connectivity index (χ4v) is 4.91. The van der Waals surface area contributed by atoms with Gasteiger partial charge < -0.3 is 20.0 Å². The zero-order valence-corrected chi connectivity index (χ0v) is 19.9. The number of carbonyl (C=O) groups excluding carboxylic acids is 1. The van der Waals surface area contributed by atoms with E-state index in [4.69, 9.17) is 33.7 Å². The van der Waals surface area contributed by atoms with Crippen molar-refractivity contribution in [3.8, 4) is 16.9 Å². The number of aromatic amines is 1. The molecule has 3 heterocycles. The highest BCUT2D eigenvalue weighted by Crippen LogP contribution is 2.38. The lowest BCUT2D eigenvalue weighted by Gasteiger charge is -2.21. The Morgan fingerprint density at radius 3 is 2.58 bits per heavy atom. The average molecular weight is 487 g/mol. The lowest BCUT2D eigenvalue weighted by atomic mass is 9.87. The van der Waals surface area contributed by atoms with Crippen LogP contribution in [0.15, 0.2) is 35.4 Å². The van der Waals surface area contributed by atoms with Crippen molar-refractivity contribution in [2.75, 3.05) is 18.9 Å². The van der Waals surface area contributed by atoms with Crippen LogP contribution in [0.25, 0.3) is 33.1 Å². The largest absolute Gasteiger partial charge is 0.496 e. The molecule has 0 aliphatic heterocycles. The van der Waals surface area contributed by atoms with E-state index in [9.17, 15) is 9.59 Å². The number of hydrogen-bond donors (Lipinski definition) is 2. The van der Waals surface area contributed by atoms with Gasteiger partial charge in [-0.1, -0.05) is 0 Å². The highest BCUT2D eigenvalue weighted by molar-refractivity contribution is 6.18. The molecule has 0 bridgehead atoms. The maximum atomic E-state index is 13.9. The molecule has 7 nitrogen and oxygen atoms in total. The van der Waals surface area contributed by atoms with Gasteiger partial charge in [-0.05, 0) is 49.1 Å². The van der Waals surface area contributed by atoms with E-state index in [0.717, 1.165) is 21.9 Å². The molecule has 0 radical (unpaired) electrons. The molecule has 0 aliphatic rings. The lowest BCUT2D eigenvalue weighted by molar-refractivity contribution is 0.0999. The smallest absolute Gasteiger partial charge is 0.258 e. The van der Waals surface area contributed by atoms with Crippen LogP contribution in [0.5, 0.6) is 5.75 Å². The highest BCUT2D eigenvalue weighted by Gasteiger charge is 2.25. The topological polar surface area (TPSA) is 103 Å². The number of nitrogens with one attached hydrogen (secondary N) is 1. The maximum absolute atomic E-state index is 13.9. The Morgan fingerprint density at radius 2 is 1.94 bits per heavy atom. The molecule has 0 atom stereocenters. The fourth-order valence-electron chi connectivity index (χ4n) is 4.53. The number of benzene rings is 1. The second kappa shape index (κ2) is 9.45. The van der Waals surface area contributed by atoms with Gasteiger partial charge in [0.05, 0.1) is 12.6 Å². The second-order valence-electron chi connectivity index (χ2n) is 7.61. The van der Waals surface area contributed by atoms with E-state index in [2.05, 4.69) is 9.97 Å². The Morgan fingerprint density at radius 1 is 1.21 bits per heavy atom. The van der Waals surface area contributed by atoms with Crippen LogP contribution in [0, 0.1) is 0 Å². The molecular formula is C24H24Cl2N4O3. The van der Waals surface area contributed by atoms with Crippen LogP contribution in [-0.4, -0.2) is 39.3 Å². The summed E-state index contributed by atoms with van der Waals surface area (Å²) in [7, 11) is 1.51. The van der Waals surface area contributed by atoms with Gasteiger partial charge in [-0.15, -0.1) is 23.2 Å². The summed E-state index contributed by atoms with van der Waals surface area (Å²) in [6, 6.07) is 5.34. The highest BCUT2D eigenvalue weighted by atomic mass is 35.5. The summed E-state index contributed by atoms with van der Waals surface area (Å²) < 4.78 is 7.31. The first-order valence-corrected chi connectivity index (χ1v) is 11.7. The van der Waals surface area contributed by atoms with Crippen molar-refractivity contribution in [1.29, 1.82) is 0 Å².